The molecule has 3 heteroatoms. The molecule has 3 rings (SSSR count). The van der Waals surface area contributed by atoms with E-state index in [1.807, 2.05) is 11.7 Å². The van der Waals surface area contributed by atoms with E-state index in [0.29, 0.717) is 0 Å². The summed E-state index contributed by atoms with van der Waals surface area (Å²) in [6.07, 6.45) is 2.67. The van der Waals surface area contributed by atoms with Gasteiger partial charge < -0.3 is 0 Å². The third kappa shape index (κ3) is 0.771. The lowest BCUT2D eigenvalue weighted by molar-refractivity contribution is 0.771. The first-order valence-corrected chi connectivity index (χ1v) is 5.14. The summed E-state index contributed by atoms with van der Waals surface area (Å²) >= 11 is 1.78. The zero-order valence-electron chi connectivity index (χ0n) is 6.95. The third-order valence-corrected chi connectivity index (χ3v) is 3.42. The van der Waals surface area contributed by atoms with Crippen LogP contribution in [-0.2, 0) is 7.05 Å². The van der Waals surface area contributed by atoms with Gasteiger partial charge in [-0.1, -0.05) is 0 Å². The number of thiophene rings is 1. The van der Waals surface area contributed by atoms with Gasteiger partial charge >= 0.3 is 0 Å². The van der Waals surface area contributed by atoms with Crippen molar-refractivity contribution < 1.29 is 0 Å². The fourth-order valence-electron chi connectivity index (χ4n) is 1.67. The first-order valence-electron chi connectivity index (χ1n) is 4.26. The van der Waals surface area contributed by atoms with Crippen LogP contribution in [0.1, 0.15) is 24.5 Å². The van der Waals surface area contributed by atoms with Crippen molar-refractivity contribution in [2.75, 3.05) is 0 Å². The van der Waals surface area contributed by atoms with Crippen LogP contribution in [0, 0.1) is 0 Å². The summed E-state index contributed by atoms with van der Waals surface area (Å²) in [6.45, 7) is 0. The maximum atomic E-state index is 4.54. The molecular formula is C9H10N2S. The van der Waals surface area contributed by atoms with E-state index in [1.54, 1.807) is 11.3 Å². The molecule has 0 N–H and O–H groups in total. The standard InChI is InChI=1S/C9H10N2S/c1-11-9-7(4-5-12-9)8(10-11)6-2-3-6/h4-6H,2-3H2,1H3. The van der Waals surface area contributed by atoms with Gasteiger partial charge in [-0.25, -0.2) is 0 Å². The van der Waals surface area contributed by atoms with E-state index in [-0.39, 0.29) is 0 Å². The maximum absolute atomic E-state index is 4.54. The summed E-state index contributed by atoms with van der Waals surface area (Å²) in [5, 5.41) is 8.07. The number of hydrogen-bond acceptors (Lipinski definition) is 2. The Morgan fingerprint density at radius 1 is 1.58 bits per heavy atom. The molecule has 0 aromatic carbocycles. The average molecular weight is 178 g/mol. The van der Waals surface area contributed by atoms with Crippen LogP contribution < -0.4 is 0 Å². The molecule has 1 fully saturated rings. The molecule has 2 heterocycles. The molecule has 62 valence electrons. The van der Waals surface area contributed by atoms with E-state index >= 15 is 0 Å². The Balaban J connectivity index is 2.33. The molecule has 0 saturated heterocycles. The lowest BCUT2D eigenvalue weighted by Crippen LogP contribution is -1.89. The maximum Gasteiger partial charge on any atom is 0.121 e. The van der Waals surface area contributed by atoms with Gasteiger partial charge in [-0.05, 0) is 24.3 Å². The molecule has 0 atom stereocenters. The quantitative estimate of drug-likeness (QED) is 0.656. The van der Waals surface area contributed by atoms with E-state index in [4.69, 9.17) is 0 Å². The van der Waals surface area contributed by atoms with Crippen LogP contribution in [0.5, 0.6) is 0 Å². The molecule has 1 saturated carbocycles. The highest BCUT2D eigenvalue weighted by atomic mass is 32.1. The minimum atomic E-state index is 0.767. The Labute approximate surface area is 74.8 Å². The van der Waals surface area contributed by atoms with Gasteiger partial charge in [0.1, 0.15) is 4.83 Å². The Bertz CT molecular complexity index is 423. The van der Waals surface area contributed by atoms with E-state index in [2.05, 4.69) is 16.5 Å². The zero-order valence-corrected chi connectivity index (χ0v) is 7.77. The van der Waals surface area contributed by atoms with Gasteiger partial charge in [-0.15, -0.1) is 11.3 Å². The second kappa shape index (κ2) is 2.10. The van der Waals surface area contributed by atoms with Crippen molar-refractivity contribution in [2.24, 2.45) is 7.05 Å². The molecule has 0 unspecified atom stereocenters. The van der Waals surface area contributed by atoms with Gasteiger partial charge in [-0.2, -0.15) is 5.10 Å². The highest BCUT2D eigenvalue weighted by molar-refractivity contribution is 7.16. The van der Waals surface area contributed by atoms with Crippen LogP contribution >= 0.6 is 11.3 Å². The van der Waals surface area contributed by atoms with Gasteiger partial charge in [0.25, 0.3) is 0 Å². The van der Waals surface area contributed by atoms with Crippen molar-refractivity contribution in [3.8, 4) is 0 Å². The fraction of sp³-hybridized carbons (Fsp3) is 0.444. The normalized spacial score (nSPS) is 17.4. The fourth-order valence-corrected chi connectivity index (χ4v) is 2.49. The lowest BCUT2D eigenvalue weighted by atomic mass is 10.2. The first-order chi connectivity index (χ1) is 5.86. The van der Waals surface area contributed by atoms with Gasteiger partial charge in [-0.3, -0.25) is 4.68 Å². The Morgan fingerprint density at radius 3 is 3.17 bits per heavy atom. The minimum absolute atomic E-state index is 0.767. The summed E-state index contributed by atoms with van der Waals surface area (Å²) < 4.78 is 2.01. The van der Waals surface area contributed by atoms with Crippen molar-refractivity contribution in [1.82, 2.24) is 9.78 Å². The van der Waals surface area contributed by atoms with Crippen molar-refractivity contribution >= 4 is 21.6 Å². The van der Waals surface area contributed by atoms with Crippen LogP contribution in [0.15, 0.2) is 11.4 Å². The lowest BCUT2D eigenvalue weighted by Gasteiger charge is -1.87. The molecule has 2 aromatic rings. The van der Waals surface area contributed by atoms with Gasteiger partial charge in [0.2, 0.25) is 0 Å². The van der Waals surface area contributed by atoms with E-state index in [0.717, 1.165) is 5.92 Å². The van der Waals surface area contributed by atoms with Crippen LogP contribution in [0.2, 0.25) is 0 Å². The van der Waals surface area contributed by atoms with Crippen molar-refractivity contribution in [3.05, 3.63) is 17.1 Å². The summed E-state index contributed by atoms with van der Waals surface area (Å²) in [4.78, 5) is 1.32. The second-order valence-corrected chi connectivity index (χ2v) is 4.32. The molecular weight excluding hydrogens is 168 g/mol. The molecule has 0 amide bonds. The minimum Gasteiger partial charge on any atom is -0.258 e. The molecule has 0 spiro atoms. The topological polar surface area (TPSA) is 17.8 Å². The smallest absolute Gasteiger partial charge is 0.121 e. The molecule has 12 heavy (non-hydrogen) atoms. The molecule has 0 radical (unpaired) electrons. The number of aryl methyl sites for hydroxylation is 1. The van der Waals surface area contributed by atoms with Gasteiger partial charge in [0.15, 0.2) is 0 Å². The number of hydrogen-bond donors (Lipinski definition) is 0. The van der Waals surface area contributed by atoms with E-state index < -0.39 is 0 Å². The number of nitrogens with zero attached hydrogens (tertiary/aromatic N) is 2. The van der Waals surface area contributed by atoms with Crippen molar-refractivity contribution in [3.63, 3.8) is 0 Å². The summed E-state index contributed by atoms with van der Waals surface area (Å²) in [6, 6.07) is 2.20. The van der Waals surface area contributed by atoms with Crippen molar-refractivity contribution in [1.29, 1.82) is 0 Å². The number of fused-ring (bicyclic) bond motifs is 1. The number of rotatable bonds is 1. The van der Waals surface area contributed by atoms with E-state index in [1.165, 1.54) is 28.8 Å². The highest BCUT2D eigenvalue weighted by Crippen LogP contribution is 2.43. The molecule has 2 nitrogen and oxygen atoms in total. The third-order valence-electron chi connectivity index (χ3n) is 2.44. The largest absolute Gasteiger partial charge is 0.258 e. The molecule has 1 aliphatic rings. The summed E-state index contributed by atoms with van der Waals surface area (Å²) in [7, 11) is 2.03. The Kier molecular flexibility index (Phi) is 1.17. The predicted octanol–water partition coefficient (Wildman–Crippen LogP) is 2.51. The zero-order chi connectivity index (χ0) is 8.13. The molecule has 2 aromatic heterocycles. The van der Waals surface area contributed by atoms with Crippen LogP contribution in [0.3, 0.4) is 0 Å². The molecule has 0 bridgehead atoms. The van der Waals surface area contributed by atoms with Crippen LogP contribution in [0.4, 0.5) is 0 Å². The molecule has 0 aliphatic heterocycles. The van der Waals surface area contributed by atoms with Gasteiger partial charge in [0, 0.05) is 18.4 Å². The highest BCUT2D eigenvalue weighted by Gasteiger charge is 2.28. The average Bonchev–Trinajstić information content (AvgIpc) is 2.68. The van der Waals surface area contributed by atoms with Crippen LogP contribution in [0.25, 0.3) is 10.2 Å². The van der Waals surface area contributed by atoms with Crippen molar-refractivity contribution in [2.45, 2.75) is 18.8 Å². The van der Waals surface area contributed by atoms with Gasteiger partial charge in [0.05, 0.1) is 5.69 Å². The monoisotopic (exact) mass is 178 g/mol. The second-order valence-electron chi connectivity index (χ2n) is 3.42. The van der Waals surface area contributed by atoms with Crippen LogP contribution in [-0.4, -0.2) is 9.78 Å². The Morgan fingerprint density at radius 2 is 2.42 bits per heavy atom. The Hall–Kier alpha value is -0.830. The predicted molar refractivity (Wildman–Crippen MR) is 50.6 cm³/mol. The summed E-state index contributed by atoms with van der Waals surface area (Å²) in [5.41, 5.74) is 1.33. The summed E-state index contributed by atoms with van der Waals surface area (Å²) in [5.74, 6) is 0.767. The SMILES string of the molecule is Cn1nc(C2CC2)c2ccsc21. The first kappa shape index (κ1) is 6.66. The van der Waals surface area contributed by atoms with E-state index in [9.17, 15) is 0 Å². The molecule has 1 aliphatic carbocycles. The number of aromatic nitrogens is 2.